The number of hydrogen-bond donors (Lipinski definition) is 1. The fraction of sp³-hybridized carbons (Fsp3) is 0.941. The molecule has 1 rings (SSSR count). The van der Waals surface area contributed by atoms with E-state index in [1.807, 2.05) is 11.8 Å². The first-order valence-corrected chi connectivity index (χ1v) is 8.55. The van der Waals surface area contributed by atoms with Crippen molar-refractivity contribution in [2.24, 2.45) is 0 Å². The number of unbranched alkanes of at least 4 members (excludes halogenated alkanes) is 6. The van der Waals surface area contributed by atoms with Crippen molar-refractivity contribution >= 4 is 5.91 Å². The topological polar surface area (TPSA) is 40.5 Å². The first-order chi connectivity index (χ1) is 9.55. The molecule has 1 N–H and O–H groups in total. The average molecular weight is 283 g/mol. The fourth-order valence-corrected chi connectivity index (χ4v) is 2.90. The molecule has 1 aliphatic rings. The molecule has 118 valence electrons. The number of likely N-dealkylation sites (tertiary alicyclic amines) is 1. The molecule has 0 aromatic carbocycles. The maximum Gasteiger partial charge on any atom is 0.222 e. The Kier molecular flexibility index (Phi) is 8.20. The van der Waals surface area contributed by atoms with E-state index in [4.69, 9.17) is 0 Å². The standard InChI is InChI=1S/C17H33NO2/c1-3-4-5-6-7-8-9-11-16(19)18-14-10-12-17(2,20)13-15-18/h20H,3-15H2,1-2H3. The third-order valence-electron chi connectivity index (χ3n) is 4.41. The lowest BCUT2D eigenvalue weighted by Crippen LogP contribution is -2.33. The van der Waals surface area contributed by atoms with Crippen LogP contribution in [0.3, 0.4) is 0 Å². The van der Waals surface area contributed by atoms with Crippen LogP contribution in [0.25, 0.3) is 0 Å². The summed E-state index contributed by atoms with van der Waals surface area (Å²) >= 11 is 0. The Hall–Kier alpha value is -0.570. The minimum atomic E-state index is -0.575. The molecule has 3 nitrogen and oxygen atoms in total. The third kappa shape index (κ3) is 7.28. The second kappa shape index (κ2) is 9.38. The molecule has 3 heteroatoms. The zero-order chi connectivity index (χ0) is 14.8. The molecular formula is C17H33NO2. The Labute approximate surface area is 124 Å². The van der Waals surface area contributed by atoms with E-state index < -0.39 is 5.60 Å². The molecule has 1 amide bonds. The number of hydrogen-bond acceptors (Lipinski definition) is 2. The van der Waals surface area contributed by atoms with Crippen LogP contribution in [0, 0.1) is 0 Å². The number of rotatable bonds is 8. The fourth-order valence-electron chi connectivity index (χ4n) is 2.90. The predicted molar refractivity (Wildman–Crippen MR) is 83.7 cm³/mol. The van der Waals surface area contributed by atoms with Crippen LogP contribution in [0.4, 0.5) is 0 Å². The van der Waals surface area contributed by atoms with Crippen molar-refractivity contribution in [2.75, 3.05) is 13.1 Å². The molecule has 20 heavy (non-hydrogen) atoms. The zero-order valence-electron chi connectivity index (χ0n) is 13.5. The lowest BCUT2D eigenvalue weighted by molar-refractivity contribution is -0.131. The van der Waals surface area contributed by atoms with Gasteiger partial charge in [0.1, 0.15) is 0 Å². The first kappa shape index (κ1) is 17.5. The Bertz CT molecular complexity index is 276. The van der Waals surface area contributed by atoms with Gasteiger partial charge in [-0.05, 0) is 32.6 Å². The van der Waals surface area contributed by atoms with E-state index >= 15 is 0 Å². The highest BCUT2D eigenvalue weighted by molar-refractivity contribution is 5.76. The summed E-state index contributed by atoms with van der Waals surface area (Å²) < 4.78 is 0. The molecule has 0 aromatic heterocycles. The van der Waals surface area contributed by atoms with E-state index in [0.29, 0.717) is 6.42 Å². The highest BCUT2D eigenvalue weighted by Gasteiger charge is 2.26. The summed E-state index contributed by atoms with van der Waals surface area (Å²) in [6.45, 7) is 5.67. The Morgan fingerprint density at radius 1 is 1.05 bits per heavy atom. The van der Waals surface area contributed by atoms with Gasteiger partial charge in [0.2, 0.25) is 5.91 Å². The maximum absolute atomic E-state index is 12.1. The summed E-state index contributed by atoms with van der Waals surface area (Å²) in [5.74, 6) is 0.288. The lowest BCUT2D eigenvalue weighted by Gasteiger charge is -2.22. The van der Waals surface area contributed by atoms with Crippen LogP contribution in [0.1, 0.15) is 84.5 Å². The third-order valence-corrected chi connectivity index (χ3v) is 4.41. The molecule has 1 unspecified atom stereocenters. The monoisotopic (exact) mass is 283 g/mol. The van der Waals surface area contributed by atoms with Crippen LogP contribution in [0.15, 0.2) is 0 Å². The minimum Gasteiger partial charge on any atom is -0.390 e. The SMILES string of the molecule is CCCCCCCCCC(=O)N1CCCC(C)(O)CC1. The summed E-state index contributed by atoms with van der Waals surface area (Å²) in [7, 11) is 0. The molecule has 1 atom stereocenters. The normalized spacial score (nSPS) is 23.6. The number of amides is 1. The zero-order valence-corrected chi connectivity index (χ0v) is 13.5. The molecule has 1 saturated heterocycles. The van der Waals surface area contributed by atoms with E-state index in [0.717, 1.165) is 38.8 Å². The van der Waals surface area contributed by atoms with E-state index in [1.54, 1.807) is 0 Å². The second-order valence-corrected chi connectivity index (χ2v) is 6.60. The van der Waals surface area contributed by atoms with Crippen molar-refractivity contribution in [1.29, 1.82) is 0 Å². The van der Waals surface area contributed by atoms with Gasteiger partial charge in [-0.3, -0.25) is 4.79 Å². The van der Waals surface area contributed by atoms with Gasteiger partial charge in [0.05, 0.1) is 5.60 Å². The molecule has 1 fully saturated rings. The van der Waals surface area contributed by atoms with Gasteiger partial charge in [0, 0.05) is 19.5 Å². The van der Waals surface area contributed by atoms with Crippen LogP contribution in [-0.2, 0) is 4.79 Å². The van der Waals surface area contributed by atoms with Crippen molar-refractivity contribution in [3.05, 3.63) is 0 Å². The van der Waals surface area contributed by atoms with Gasteiger partial charge in [-0.25, -0.2) is 0 Å². The van der Waals surface area contributed by atoms with E-state index in [9.17, 15) is 9.90 Å². The lowest BCUT2D eigenvalue weighted by atomic mass is 9.98. The van der Waals surface area contributed by atoms with E-state index in [2.05, 4.69) is 6.92 Å². The van der Waals surface area contributed by atoms with E-state index in [1.165, 1.54) is 38.5 Å². The smallest absolute Gasteiger partial charge is 0.222 e. The molecule has 1 heterocycles. The van der Waals surface area contributed by atoms with Crippen molar-refractivity contribution in [1.82, 2.24) is 4.90 Å². The Morgan fingerprint density at radius 3 is 2.40 bits per heavy atom. The van der Waals surface area contributed by atoms with Crippen molar-refractivity contribution in [3.63, 3.8) is 0 Å². The number of nitrogens with zero attached hydrogens (tertiary/aromatic N) is 1. The van der Waals surface area contributed by atoms with Crippen LogP contribution < -0.4 is 0 Å². The molecule has 1 aliphatic heterocycles. The summed E-state index contributed by atoms with van der Waals surface area (Å²) in [6, 6.07) is 0. The summed E-state index contributed by atoms with van der Waals surface area (Å²) in [5.41, 5.74) is -0.575. The first-order valence-electron chi connectivity index (χ1n) is 8.55. The predicted octanol–water partition coefficient (Wildman–Crippen LogP) is 3.89. The van der Waals surface area contributed by atoms with Gasteiger partial charge in [0.15, 0.2) is 0 Å². The maximum atomic E-state index is 12.1. The molecular weight excluding hydrogens is 250 g/mol. The molecule has 0 spiro atoms. The second-order valence-electron chi connectivity index (χ2n) is 6.60. The van der Waals surface area contributed by atoms with Crippen LogP contribution in [0.2, 0.25) is 0 Å². The number of aliphatic hydroxyl groups is 1. The van der Waals surface area contributed by atoms with Crippen molar-refractivity contribution < 1.29 is 9.90 Å². The molecule has 0 saturated carbocycles. The van der Waals surface area contributed by atoms with E-state index in [-0.39, 0.29) is 5.91 Å². The van der Waals surface area contributed by atoms with Crippen LogP contribution in [-0.4, -0.2) is 34.6 Å². The van der Waals surface area contributed by atoms with Crippen molar-refractivity contribution in [2.45, 2.75) is 90.1 Å². The Balaban J connectivity index is 2.10. The van der Waals surface area contributed by atoms with Crippen LogP contribution >= 0.6 is 0 Å². The highest BCUT2D eigenvalue weighted by atomic mass is 16.3. The summed E-state index contributed by atoms with van der Waals surface area (Å²) in [6.07, 6.45) is 11.9. The average Bonchev–Trinajstić information content (AvgIpc) is 2.58. The Morgan fingerprint density at radius 2 is 1.70 bits per heavy atom. The molecule has 0 radical (unpaired) electrons. The largest absolute Gasteiger partial charge is 0.390 e. The van der Waals surface area contributed by atoms with Gasteiger partial charge in [-0.2, -0.15) is 0 Å². The van der Waals surface area contributed by atoms with Gasteiger partial charge in [-0.1, -0.05) is 45.4 Å². The molecule has 0 aliphatic carbocycles. The summed E-state index contributed by atoms with van der Waals surface area (Å²) in [5, 5.41) is 10.0. The van der Waals surface area contributed by atoms with Crippen molar-refractivity contribution in [3.8, 4) is 0 Å². The molecule has 0 aromatic rings. The van der Waals surface area contributed by atoms with Crippen LogP contribution in [0.5, 0.6) is 0 Å². The summed E-state index contributed by atoms with van der Waals surface area (Å²) in [4.78, 5) is 14.1. The van der Waals surface area contributed by atoms with Gasteiger partial charge >= 0.3 is 0 Å². The van der Waals surface area contributed by atoms with Gasteiger partial charge in [-0.15, -0.1) is 0 Å². The number of carbonyl (C=O) groups is 1. The quantitative estimate of drug-likeness (QED) is 0.687. The van der Waals surface area contributed by atoms with Gasteiger partial charge < -0.3 is 10.0 Å². The molecule has 0 bridgehead atoms. The highest BCUT2D eigenvalue weighted by Crippen LogP contribution is 2.22. The number of carbonyl (C=O) groups excluding carboxylic acids is 1. The minimum absolute atomic E-state index is 0.288. The van der Waals surface area contributed by atoms with Gasteiger partial charge in [0.25, 0.3) is 0 Å².